The lowest BCUT2D eigenvalue weighted by atomic mass is 10.0. The molecule has 0 fully saturated rings. The molecule has 0 unspecified atom stereocenters. The summed E-state index contributed by atoms with van der Waals surface area (Å²) in [6.45, 7) is 6.22. The predicted molar refractivity (Wildman–Crippen MR) is 93.4 cm³/mol. The number of thiophene rings is 1. The molecular formula is C15H23N3O2S2. The third kappa shape index (κ3) is 3.10. The highest BCUT2D eigenvalue weighted by Gasteiger charge is 2.37. The van der Waals surface area contributed by atoms with Crippen LogP contribution in [0.15, 0.2) is 11.4 Å². The molecule has 0 aliphatic heterocycles. The number of sulfone groups is 1. The molecule has 22 heavy (non-hydrogen) atoms. The standard InChI is InChI=1S/C15H23N3O2S2/c1-5-12-17-13(11-8-9-21-14(11)18-12)16-10-15(6-2,7-3)22(4,19)20/h8-9H,5-7,10H2,1-4H3,(H,16,17,18). The second kappa shape index (κ2) is 6.50. The number of hydrogen-bond acceptors (Lipinski definition) is 6. The smallest absolute Gasteiger partial charge is 0.154 e. The van der Waals surface area contributed by atoms with E-state index >= 15 is 0 Å². The Kier molecular flexibility index (Phi) is 5.07. The van der Waals surface area contributed by atoms with Gasteiger partial charge in [0.25, 0.3) is 0 Å². The summed E-state index contributed by atoms with van der Waals surface area (Å²) in [4.78, 5) is 9.97. The molecule has 0 saturated heterocycles. The fraction of sp³-hybridized carbons (Fsp3) is 0.600. The monoisotopic (exact) mass is 341 g/mol. The van der Waals surface area contributed by atoms with E-state index < -0.39 is 14.6 Å². The molecule has 0 aliphatic carbocycles. The first kappa shape index (κ1) is 17.1. The van der Waals surface area contributed by atoms with Crippen LogP contribution < -0.4 is 5.32 Å². The second-order valence-corrected chi connectivity index (χ2v) is 8.80. The minimum Gasteiger partial charge on any atom is -0.368 e. The number of nitrogens with zero attached hydrogens (tertiary/aromatic N) is 2. The van der Waals surface area contributed by atoms with Gasteiger partial charge in [0.05, 0.1) is 10.1 Å². The van der Waals surface area contributed by atoms with Gasteiger partial charge in [-0.25, -0.2) is 18.4 Å². The number of hydrogen-bond donors (Lipinski definition) is 1. The SMILES string of the molecule is CCc1nc(NCC(CC)(CC)S(C)(=O)=O)c2ccsc2n1. The number of fused-ring (bicyclic) bond motifs is 1. The summed E-state index contributed by atoms with van der Waals surface area (Å²) in [6, 6.07) is 1.97. The molecule has 0 radical (unpaired) electrons. The average Bonchev–Trinajstić information content (AvgIpc) is 2.95. The minimum absolute atomic E-state index is 0.365. The van der Waals surface area contributed by atoms with Crippen molar-refractivity contribution >= 4 is 37.2 Å². The zero-order valence-electron chi connectivity index (χ0n) is 13.5. The Morgan fingerprint density at radius 2 is 1.91 bits per heavy atom. The maximum atomic E-state index is 12.2. The highest BCUT2D eigenvalue weighted by Crippen LogP contribution is 2.29. The van der Waals surface area contributed by atoms with Crippen LogP contribution in [0.5, 0.6) is 0 Å². The van der Waals surface area contributed by atoms with Crippen LogP contribution in [0.1, 0.15) is 39.4 Å². The van der Waals surface area contributed by atoms with E-state index in [0.29, 0.717) is 19.4 Å². The molecule has 0 spiro atoms. The lowest BCUT2D eigenvalue weighted by Crippen LogP contribution is -2.43. The highest BCUT2D eigenvalue weighted by atomic mass is 32.2. The lowest BCUT2D eigenvalue weighted by Gasteiger charge is -2.30. The van der Waals surface area contributed by atoms with Gasteiger partial charge in [0.2, 0.25) is 0 Å². The molecule has 2 heterocycles. The zero-order chi connectivity index (χ0) is 16.4. The van der Waals surface area contributed by atoms with Gasteiger partial charge in [-0.3, -0.25) is 0 Å². The topological polar surface area (TPSA) is 72.0 Å². The average molecular weight is 342 g/mol. The molecule has 0 amide bonds. The van der Waals surface area contributed by atoms with Crippen LogP contribution in [0.4, 0.5) is 5.82 Å². The van der Waals surface area contributed by atoms with Crippen LogP contribution in [-0.4, -0.2) is 35.9 Å². The molecule has 1 N–H and O–H groups in total. The van der Waals surface area contributed by atoms with Gasteiger partial charge in [0.15, 0.2) is 9.84 Å². The molecule has 0 bridgehead atoms. The van der Waals surface area contributed by atoms with Crippen LogP contribution in [0.3, 0.4) is 0 Å². The normalized spacial score (nSPS) is 12.7. The van der Waals surface area contributed by atoms with Crippen molar-refractivity contribution in [1.82, 2.24) is 9.97 Å². The molecule has 2 aromatic heterocycles. The maximum absolute atomic E-state index is 12.2. The van der Waals surface area contributed by atoms with Crippen LogP contribution in [-0.2, 0) is 16.3 Å². The van der Waals surface area contributed by atoms with Crippen LogP contribution in [0, 0.1) is 0 Å². The Morgan fingerprint density at radius 3 is 2.45 bits per heavy atom. The number of rotatable bonds is 7. The lowest BCUT2D eigenvalue weighted by molar-refractivity contribution is 0.498. The van der Waals surface area contributed by atoms with E-state index in [9.17, 15) is 8.42 Å². The highest BCUT2D eigenvalue weighted by molar-refractivity contribution is 7.92. The van der Waals surface area contributed by atoms with Gasteiger partial charge in [-0.1, -0.05) is 20.8 Å². The second-order valence-electron chi connectivity index (χ2n) is 5.50. The molecule has 0 atom stereocenters. The summed E-state index contributed by atoms with van der Waals surface area (Å²) in [6.07, 6.45) is 3.22. The molecular weight excluding hydrogens is 318 g/mol. The molecule has 0 aliphatic rings. The molecule has 0 aromatic carbocycles. The molecule has 2 aromatic rings. The van der Waals surface area contributed by atoms with Crippen molar-refractivity contribution in [3.8, 4) is 0 Å². The number of anilines is 1. The van der Waals surface area contributed by atoms with Gasteiger partial charge < -0.3 is 5.32 Å². The van der Waals surface area contributed by atoms with Crippen molar-refractivity contribution in [2.75, 3.05) is 18.1 Å². The van der Waals surface area contributed by atoms with E-state index in [1.807, 2.05) is 32.2 Å². The van der Waals surface area contributed by atoms with Crippen LogP contribution in [0.2, 0.25) is 0 Å². The Morgan fingerprint density at radius 1 is 1.23 bits per heavy atom. The zero-order valence-corrected chi connectivity index (χ0v) is 15.1. The third-order valence-corrected chi connectivity index (χ3v) is 7.44. The number of nitrogens with one attached hydrogen (secondary N) is 1. The summed E-state index contributed by atoms with van der Waals surface area (Å²) in [5.74, 6) is 1.51. The van der Waals surface area contributed by atoms with Gasteiger partial charge in [0.1, 0.15) is 16.5 Å². The van der Waals surface area contributed by atoms with Gasteiger partial charge >= 0.3 is 0 Å². The van der Waals surface area contributed by atoms with Crippen molar-refractivity contribution in [3.63, 3.8) is 0 Å². The van der Waals surface area contributed by atoms with Crippen molar-refractivity contribution in [3.05, 3.63) is 17.3 Å². The Balaban J connectivity index is 2.36. The first-order chi connectivity index (χ1) is 10.4. The summed E-state index contributed by atoms with van der Waals surface area (Å²) in [5.41, 5.74) is 0. The van der Waals surface area contributed by atoms with Crippen molar-refractivity contribution < 1.29 is 8.42 Å². The first-order valence-corrected chi connectivity index (χ1v) is 10.3. The summed E-state index contributed by atoms with van der Waals surface area (Å²) in [7, 11) is -3.16. The van der Waals surface area contributed by atoms with E-state index in [1.165, 1.54) is 6.26 Å². The van der Waals surface area contributed by atoms with E-state index in [-0.39, 0.29) is 0 Å². The Bertz CT molecular complexity index is 749. The fourth-order valence-corrected chi connectivity index (χ4v) is 4.76. The number of aryl methyl sites for hydroxylation is 1. The fourth-order valence-electron chi connectivity index (χ4n) is 2.59. The van der Waals surface area contributed by atoms with Crippen molar-refractivity contribution in [1.29, 1.82) is 0 Å². The number of aromatic nitrogens is 2. The van der Waals surface area contributed by atoms with E-state index in [1.54, 1.807) is 11.3 Å². The quantitative estimate of drug-likeness (QED) is 0.837. The van der Waals surface area contributed by atoms with Crippen molar-refractivity contribution in [2.45, 2.75) is 44.8 Å². The summed E-state index contributed by atoms with van der Waals surface area (Å²) in [5, 5.41) is 6.21. The van der Waals surface area contributed by atoms with Gasteiger partial charge in [-0.2, -0.15) is 0 Å². The Labute approximate surface area is 136 Å². The first-order valence-electron chi connectivity index (χ1n) is 7.54. The molecule has 122 valence electrons. The van der Waals surface area contributed by atoms with Crippen LogP contribution >= 0.6 is 11.3 Å². The Hall–Kier alpha value is -1.21. The summed E-state index contributed by atoms with van der Waals surface area (Å²) >= 11 is 1.57. The van der Waals surface area contributed by atoms with E-state index in [4.69, 9.17) is 0 Å². The minimum atomic E-state index is -3.16. The molecule has 7 heteroatoms. The van der Waals surface area contributed by atoms with Gasteiger partial charge in [0, 0.05) is 19.2 Å². The third-order valence-electron chi connectivity index (χ3n) is 4.34. The molecule has 2 rings (SSSR count). The molecule has 0 saturated carbocycles. The van der Waals surface area contributed by atoms with Crippen LogP contribution in [0.25, 0.3) is 10.2 Å². The van der Waals surface area contributed by atoms with E-state index in [2.05, 4.69) is 15.3 Å². The molecule has 5 nitrogen and oxygen atoms in total. The van der Waals surface area contributed by atoms with E-state index in [0.717, 1.165) is 28.3 Å². The summed E-state index contributed by atoms with van der Waals surface area (Å²) < 4.78 is 23.6. The maximum Gasteiger partial charge on any atom is 0.154 e. The van der Waals surface area contributed by atoms with Gasteiger partial charge in [-0.15, -0.1) is 11.3 Å². The predicted octanol–water partition coefficient (Wildman–Crippen LogP) is 3.27. The van der Waals surface area contributed by atoms with Crippen molar-refractivity contribution in [2.24, 2.45) is 0 Å². The van der Waals surface area contributed by atoms with Gasteiger partial charge in [-0.05, 0) is 24.3 Å². The largest absolute Gasteiger partial charge is 0.368 e.